The number of phenolic OH excluding ortho intramolecular Hbond substituents is 1. The second-order valence-corrected chi connectivity index (χ2v) is 13.7. The standard InChI is InChI=1S/C37H50N8O11/c1-19(2)12-27(34(53)41-17-31(50)51)44-37(56)32(20(3)47)45-30(49)16-40-35(54)28(13-21-8-10-23(48)11-9-21)43-36(55)29(42-33(52)25(38)18-46)14-22-15-39-26-7-5-4-6-24(22)26/h4-11,15,19-20,25,27-29,32,39,46-48H,12-14,16-18,38H2,1-3H3,(H,40,54)(H,41,53)(H,42,52)(H,43,55)(H,44,56)(H,45,49)(H,50,51)/t20-,25+,27+,28+,29+,32+/m1/s1. The fourth-order valence-electron chi connectivity index (χ4n) is 5.61. The lowest BCUT2D eigenvalue weighted by Crippen LogP contribution is -2.59. The number of aliphatic hydroxyl groups excluding tert-OH is 2. The largest absolute Gasteiger partial charge is 0.508 e. The molecule has 56 heavy (non-hydrogen) atoms. The van der Waals surface area contributed by atoms with Gasteiger partial charge < -0.3 is 63.0 Å². The van der Waals surface area contributed by atoms with E-state index in [4.69, 9.17) is 10.8 Å². The van der Waals surface area contributed by atoms with Crippen LogP contribution in [0.15, 0.2) is 54.7 Å². The van der Waals surface area contributed by atoms with Gasteiger partial charge in [0.05, 0.1) is 19.3 Å². The quantitative estimate of drug-likeness (QED) is 0.0541. The number of rotatable bonds is 21. The van der Waals surface area contributed by atoms with E-state index in [1.165, 1.54) is 31.2 Å². The van der Waals surface area contributed by atoms with Crippen LogP contribution in [0.3, 0.4) is 0 Å². The van der Waals surface area contributed by atoms with Crippen molar-refractivity contribution in [3.63, 3.8) is 0 Å². The van der Waals surface area contributed by atoms with E-state index < -0.39 is 97.4 Å². The Bertz CT molecular complexity index is 1850. The number of carbonyl (C=O) groups excluding carboxylic acids is 6. The minimum atomic E-state index is -1.59. The Kier molecular flexibility index (Phi) is 16.7. The highest BCUT2D eigenvalue weighted by molar-refractivity contribution is 5.96. The molecule has 0 saturated heterocycles. The molecule has 0 aliphatic heterocycles. The number of carboxylic acids is 1. The summed E-state index contributed by atoms with van der Waals surface area (Å²) in [6.07, 6.45) is 0.131. The van der Waals surface area contributed by atoms with Crippen molar-refractivity contribution < 1.29 is 54.0 Å². The summed E-state index contributed by atoms with van der Waals surface area (Å²) in [5.41, 5.74) is 7.64. The molecule has 0 aliphatic carbocycles. The maximum atomic E-state index is 13.9. The van der Waals surface area contributed by atoms with Crippen molar-refractivity contribution in [3.8, 4) is 5.75 Å². The van der Waals surface area contributed by atoms with Gasteiger partial charge in [-0.3, -0.25) is 33.6 Å². The number of fused-ring (bicyclic) bond motifs is 1. The molecule has 0 radical (unpaired) electrons. The zero-order valence-corrected chi connectivity index (χ0v) is 31.2. The van der Waals surface area contributed by atoms with Gasteiger partial charge in [-0.25, -0.2) is 0 Å². The summed E-state index contributed by atoms with van der Waals surface area (Å²) >= 11 is 0. The van der Waals surface area contributed by atoms with Crippen LogP contribution >= 0.6 is 0 Å². The summed E-state index contributed by atoms with van der Waals surface area (Å²) in [5.74, 6) is -6.58. The van der Waals surface area contributed by atoms with Crippen LogP contribution in [0.5, 0.6) is 5.75 Å². The maximum Gasteiger partial charge on any atom is 0.322 e. The lowest BCUT2D eigenvalue weighted by Gasteiger charge is -2.26. The van der Waals surface area contributed by atoms with E-state index in [0.717, 1.165) is 10.9 Å². The molecule has 0 fully saturated rings. The van der Waals surface area contributed by atoms with Crippen LogP contribution in [-0.2, 0) is 46.4 Å². The van der Waals surface area contributed by atoms with Crippen LogP contribution in [-0.4, -0.2) is 123 Å². The molecule has 6 atom stereocenters. The van der Waals surface area contributed by atoms with Crippen molar-refractivity contribution in [1.82, 2.24) is 36.9 Å². The van der Waals surface area contributed by atoms with Crippen LogP contribution < -0.4 is 37.6 Å². The summed E-state index contributed by atoms with van der Waals surface area (Å²) in [4.78, 5) is 93.0. The number of nitrogens with one attached hydrogen (secondary N) is 7. The first-order valence-corrected chi connectivity index (χ1v) is 17.8. The highest BCUT2D eigenvalue weighted by atomic mass is 16.4. The summed E-state index contributed by atoms with van der Waals surface area (Å²) in [7, 11) is 0. The fourth-order valence-corrected chi connectivity index (χ4v) is 5.61. The van der Waals surface area contributed by atoms with Crippen molar-refractivity contribution in [1.29, 1.82) is 0 Å². The van der Waals surface area contributed by atoms with E-state index in [2.05, 4.69) is 36.9 Å². The molecule has 1 heterocycles. The zero-order chi connectivity index (χ0) is 41.5. The van der Waals surface area contributed by atoms with Crippen molar-refractivity contribution in [2.24, 2.45) is 11.7 Å². The zero-order valence-electron chi connectivity index (χ0n) is 31.2. The molecule has 19 heteroatoms. The molecule has 3 aromatic rings. The van der Waals surface area contributed by atoms with Gasteiger partial charge in [0.25, 0.3) is 0 Å². The number of para-hydroxylation sites is 1. The number of benzene rings is 2. The molecule has 6 amide bonds. The Balaban J connectivity index is 1.78. The minimum absolute atomic E-state index is 0.0439. The van der Waals surface area contributed by atoms with Crippen molar-refractivity contribution in [2.45, 2.75) is 76.3 Å². The third-order valence-electron chi connectivity index (χ3n) is 8.53. The molecule has 304 valence electrons. The lowest BCUT2D eigenvalue weighted by atomic mass is 10.0. The second kappa shape index (κ2) is 21.1. The van der Waals surface area contributed by atoms with Gasteiger partial charge in [0.2, 0.25) is 35.4 Å². The first kappa shape index (κ1) is 44.3. The van der Waals surface area contributed by atoms with Gasteiger partial charge in [-0.15, -0.1) is 0 Å². The monoisotopic (exact) mass is 782 g/mol. The number of hydrogen-bond acceptors (Lipinski definition) is 11. The van der Waals surface area contributed by atoms with Gasteiger partial charge in [0.15, 0.2) is 0 Å². The summed E-state index contributed by atoms with van der Waals surface area (Å²) in [6, 6.07) is 6.27. The summed E-state index contributed by atoms with van der Waals surface area (Å²) in [5, 5.41) is 53.7. The van der Waals surface area contributed by atoms with Crippen LogP contribution in [0.1, 0.15) is 38.3 Å². The number of aromatic nitrogens is 1. The number of amides is 6. The van der Waals surface area contributed by atoms with Crippen LogP contribution in [0.2, 0.25) is 0 Å². The number of carboxylic acid groups (broad SMARTS) is 1. The van der Waals surface area contributed by atoms with Crippen LogP contribution in [0.4, 0.5) is 0 Å². The molecule has 0 aliphatic rings. The van der Waals surface area contributed by atoms with Gasteiger partial charge in [-0.1, -0.05) is 44.2 Å². The molecular formula is C37H50N8O11. The van der Waals surface area contributed by atoms with E-state index in [1.807, 2.05) is 18.2 Å². The first-order valence-electron chi connectivity index (χ1n) is 17.8. The predicted molar refractivity (Wildman–Crippen MR) is 201 cm³/mol. The number of nitrogens with two attached hydrogens (primary N) is 1. The Hall–Kier alpha value is -6.05. The maximum absolute atomic E-state index is 13.9. The van der Waals surface area contributed by atoms with E-state index >= 15 is 0 Å². The smallest absolute Gasteiger partial charge is 0.322 e. The molecule has 0 bridgehead atoms. The number of hydrogen-bond donors (Lipinski definition) is 12. The Labute approximate surface area is 322 Å². The number of H-pyrrole nitrogens is 1. The van der Waals surface area contributed by atoms with Crippen LogP contribution in [0.25, 0.3) is 10.9 Å². The Morgan fingerprint density at radius 1 is 0.732 bits per heavy atom. The van der Waals surface area contributed by atoms with Gasteiger partial charge in [-0.2, -0.15) is 0 Å². The average molecular weight is 783 g/mol. The average Bonchev–Trinajstić information content (AvgIpc) is 3.56. The molecule has 0 unspecified atom stereocenters. The second-order valence-electron chi connectivity index (χ2n) is 13.7. The minimum Gasteiger partial charge on any atom is -0.508 e. The topological polar surface area (TPSA) is 314 Å². The van der Waals surface area contributed by atoms with Crippen LogP contribution in [0, 0.1) is 5.92 Å². The molecule has 0 saturated carbocycles. The van der Waals surface area contributed by atoms with Gasteiger partial charge >= 0.3 is 5.97 Å². The first-order chi connectivity index (χ1) is 26.5. The molecule has 13 N–H and O–H groups in total. The Morgan fingerprint density at radius 2 is 1.32 bits per heavy atom. The van der Waals surface area contributed by atoms with Gasteiger partial charge in [0, 0.05) is 29.9 Å². The van der Waals surface area contributed by atoms with E-state index in [-0.39, 0.29) is 30.9 Å². The number of aliphatic carboxylic acids is 1. The highest BCUT2D eigenvalue weighted by Gasteiger charge is 2.32. The number of aliphatic hydroxyl groups is 2. The third-order valence-corrected chi connectivity index (χ3v) is 8.53. The highest BCUT2D eigenvalue weighted by Crippen LogP contribution is 2.20. The summed E-state index contributed by atoms with van der Waals surface area (Å²) in [6.45, 7) is 2.64. The predicted octanol–water partition coefficient (Wildman–Crippen LogP) is -2.34. The number of phenols is 1. The number of aromatic hydroxyl groups is 1. The van der Waals surface area contributed by atoms with E-state index in [1.54, 1.807) is 26.1 Å². The molecule has 19 nitrogen and oxygen atoms in total. The molecule has 3 rings (SSSR count). The number of carbonyl (C=O) groups is 7. The molecular weight excluding hydrogens is 732 g/mol. The number of aromatic amines is 1. The Morgan fingerprint density at radius 3 is 1.95 bits per heavy atom. The SMILES string of the molecule is CC(C)C[C@H](NC(=O)[C@@H](NC(=O)CNC(=O)[C@H](Cc1ccc(O)cc1)NC(=O)[C@H](Cc1c[nH]c2ccccc12)NC(=O)[C@@H](N)CO)[C@@H](C)O)C(=O)NCC(=O)O. The van der Waals surface area contributed by atoms with E-state index in [9.17, 15) is 48.9 Å². The molecule has 0 spiro atoms. The van der Waals surface area contributed by atoms with Crippen molar-refractivity contribution in [2.75, 3.05) is 19.7 Å². The normalized spacial score (nSPS) is 14.3. The van der Waals surface area contributed by atoms with Crippen molar-refractivity contribution in [3.05, 3.63) is 65.9 Å². The molecule has 1 aromatic heterocycles. The van der Waals surface area contributed by atoms with Crippen molar-refractivity contribution >= 4 is 52.3 Å². The third kappa shape index (κ3) is 13.7. The van der Waals surface area contributed by atoms with Gasteiger partial charge in [0.1, 0.15) is 42.5 Å². The molecule has 2 aromatic carbocycles. The van der Waals surface area contributed by atoms with Gasteiger partial charge in [-0.05, 0) is 48.6 Å². The fraction of sp³-hybridized carbons (Fsp3) is 0.432. The lowest BCUT2D eigenvalue weighted by molar-refractivity contribution is -0.139. The summed E-state index contributed by atoms with van der Waals surface area (Å²) < 4.78 is 0. The van der Waals surface area contributed by atoms with E-state index in [0.29, 0.717) is 11.1 Å².